The van der Waals surface area contributed by atoms with Gasteiger partial charge in [0.2, 0.25) is 6.08 Å². The number of isocyanates is 1. The van der Waals surface area contributed by atoms with Gasteiger partial charge in [-0.2, -0.15) is 4.99 Å². The molecule has 0 aromatic carbocycles. The highest BCUT2D eigenvalue weighted by atomic mass is 29.1. The molecule has 3 nitrogen and oxygen atoms in total. The lowest BCUT2D eigenvalue weighted by atomic mass is 11.3. The lowest BCUT2D eigenvalue weighted by Crippen LogP contribution is -1.96. The van der Waals surface area contributed by atoms with Crippen LogP contribution in [0.1, 0.15) is 0 Å². The van der Waals surface area contributed by atoms with Crippen LogP contribution in [0.3, 0.4) is 0 Å². The molecule has 0 aliphatic heterocycles. The van der Waals surface area contributed by atoms with Gasteiger partial charge in [-0.25, -0.2) is 4.79 Å². The normalized spacial score (nSPS) is 9.71. The van der Waals surface area contributed by atoms with Crippen LogP contribution in [0.15, 0.2) is 4.99 Å². The third-order valence-electron chi connectivity index (χ3n) is 0.425. The van der Waals surface area contributed by atoms with Gasteiger partial charge < -0.3 is 4.43 Å². The standard InChI is InChI=1S/C2H7NO2Si2/c4-1-3-2-5-7-6/h2,7H2,6H3. The molecule has 7 heavy (non-hydrogen) atoms. The summed E-state index contributed by atoms with van der Waals surface area (Å²) in [6, 6.07) is 0. The summed E-state index contributed by atoms with van der Waals surface area (Å²) >= 11 is 0. The van der Waals surface area contributed by atoms with Gasteiger partial charge >= 0.3 is 0 Å². The number of aliphatic imine (C=N–C) groups is 1. The molecule has 0 radical (unpaired) electrons. The zero-order chi connectivity index (χ0) is 5.54. The van der Waals surface area contributed by atoms with E-state index < -0.39 is 0 Å². The van der Waals surface area contributed by atoms with E-state index in [1.54, 1.807) is 0 Å². The van der Waals surface area contributed by atoms with E-state index in [0.29, 0.717) is 0 Å². The number of hydrogen-bond donors (Lipinski definition) is 0. The molecular weight excluding hydrogens is 126 g/mol. The maximum Gasteiger partial charge on any atom is 0.237 e. The Hall–Kier alpha value is -0.226. The lowest BCUT2D eigenvalue weighted by molar-refractivity contribution is 0.359. The maximum absolute atomic E-state index is 9.33. The SMILES string of the molecule is O=C=NCO[SiH2][SiH3]. The highest BCUT2D eigenvalue weighted by molar-refractivity contribution is 6.85. The quantitative estimate of drug-likeness (QED) is 0.187. The minimum Gasteiger partial charge on any atom is -0.409 e. The zero-order valence-electron chi connectivity index (χ0n) is 4.18. The van der Waals surface area contributed by atoms with Crippen molar-refractivity contribution >= 4 is 25.1 Å². The Morgan fingerprint density at radius 1 is 2.00 bits per heavy atom. The van der Waals surface area contributed by atoms with Crippen LogP contribution in [-0.4, -0.2) is 31.9 Å². The summed E-state index contributed by atoms with van der Waals surface area (Å²) < 4.78 is 4.85. The summed E-state index contributed by atoms with van der Waals surface area (Å²) in [6.45, 7) is 0.235. The van der Waals surface area contributed by atoms with Crippen molar-refractivity contribution in [1.29, 1.82) is 0 Å². The molecule has 0 rings (SSSR count). The molecule has 0 N–H and O–H groups in total. The predicted molar refractivity (Wildman–Crippen MR) is 32.6 cm³/mol. The van der Waals surface area contributed by atoms with Gasteiger partial charge in [-0.15, -0.1) is 0 Å². The molecule has 0 aromatic rings. The van der Waals surface area contributed by atoms with Gasteiger partial charge in [0, 0.05) is 9.76 Å². The molecule has 0 amide bonds. The van der Waals surface area contributed by atoms with Gasteiger partial charge in [0.1, 0.15) is 16.0 Å². The fourth-order valence-corrected chi connectivity index (χ4v) is 0.985. The Morgan fingerprint density at radius 3 is 3.14 bits per heavy atom. The van der Waals surface area contributed by atoms with Gasteiger partial charge in [0.05, 0.1) is 0 Å². The minimum atomic E-state index is -0.240. The molecule has 0 fully saturated rings. The second-order valence-electron chi connectivity index (χ2n) is 0.871. The first-order chi connectivity index (χ1) is 3.41. The number of nitrogens with zero attached hydrogens (tertiary/aromatic N) is 1. The average molecular weight is 133 g/mol. The van der Waals surface area contributed by atoms with Crippen molar-refractivity contribution in [1.82, 2.24) is 0 Å². The van der Waals surface area contributed by atoms with E-state index in [2.05, 4.69) is 4.99 Å². The van der Waals surface area contributed by atoms with E-state index >= 15 is 0 Å². The third-order valence-corrected chi connectivity index (χ3v) is 2.24. The fourth-order valence-electron chi connectivity index (χ4n) is 0.163. The first-order valence-corrected chi connectivity index (χ1v) is 8.26. The first kappa shape index (κ1) is 6.77. The van der Waals surface area contributed by atoms with Crippen LogP contribution < -0.4 is 0 Å². The fraction of sp³-hybridized carbons (Fsp3) is 0.500. The Labute approximate surface area is 46.9 Å². The summed E-state index contributed by atoms with van der Waals surface area (Å²) in [5, 5.41) is 0. The maximum atomic E-state index is 9.33. The Bertz CT molecular complexity index is 79.8. The molecule has 0 saturated carbocycles. The van der Waals surface area contributed by atoms with Gasteiger partial charge in [0.15, 0.2) is 0 Å². The molecule has 0 spiro atoms. The molecule has 0 heterocycles. The number of carbonyl (C=O) groups excluding carboxylic acids is 1. The first-order valence-electron chi connectivity index (χ1n) is 2.03. The van der Waals surface area contributed by atoms with Crippen LogP contribution in [0, 0.1) is 0 Å². The van der Waals surface area contributed by atoms with E-state index in [1.165, 1.54) is 6.08 Å². The molecular formula is C2H7NO2Si2. The third kappa shape index (κ3) is 5.77. The predicted octanol–water partition coefficient (Wildman–Crippen LogP) is -2.34. The Balaban J connectivity index is 2.83. The molecule has 0 saturated heterocycles. The summed E-state index contributed by atoms with van der Waals surface area (Å²) in [4.78, 5) is 12.5. The minimum absolute atomic E-state index is 0.235. The molecule has 0 aromatic heterocycles. The Morgan fingerprint density at radius 2 is 2.71 bits per heavy atom. The van der Waals surface area contributed by atoms with Gasteiger partial charge in [-0.1, -0.05) is 0 Å². The van der Waals surface area contributed by atoms with E-state index in [1.807, 2.05) is 0 Å². The monoisotopic (exact) mass is 133 g/mol. The van der Waals surface area contributed by atoms with Crippen molar-refractivity contribution in [2.24, 2.45) is 4.99 Å². The largest absolute Gasteiger partial charge is 0.409 e. The van der Waals surface area contributed by atoms with E-state index in [4.69, 9.17) is 4.43 Å². The van der Waals surface area contributed by atoms with E-state index in [9.17, 15) is 4.79 Å². The molecule has 0 aliphatic carbocycles. The van der Waals surface area contributed by atoms with Crippen molar-refractivity contribution in [3.8, 4) is 0 Å². The van der Waals surface area contributed by atoms with Crippen LogP contribution in [-0.2, 0) is 9.22 Å². The zero-order valence-corrected chi connectivity index (χ0v) is 7.59. The summed E-state index contributed by atoms with van der Waals surface area (Å²) in [7, 11) is 0.893. The van der Waals surface area contributed by atoms with Crippen molar-refractivity contribution in [2.75, 3.05) is 6.73 Å². The lowest BCUT2D eigenvalue weighted by Gasteiger charge is -1.86. The molecule has 40 valence electrons. The summed E-state index contributed by atoms with van der Waals surface area (Å²) in [5.41, 5.74) is 0. The van der Waals surface area contributed by atoms with Crippen molar-refractivity contribution in [2.45, 2.75) is 0 Å². The Kier molecular flexibility index (Phi) is 5.59. The van der Waals surface area contributed by atoms with Crippen LogP contribution in [0.5, 0.6) is 0 Å². The van der Waals surface area contributed by atoms with E-state index in [0.717, 1.165) is 9.76 Å². The van der Waals surface area contributed by atoms with E-state index in [-0.39, 0.29) is 16.0 Å². The smallest absolute Gasteiger partial charge is 0.237 e. The van der Waals surface area contributed by atoms with Crippen LogP contribution in [0.25, 0.3) is 0 Å². The van der Waals surface area contributed by atoms with Gasteiger partial charge in [-0.3, -0.25) is 0 Å². The van der Waals surface area contributed by atoms with Crippen molar-refractivity contribution in [3.05, 3.63) is 0 Å². The summed E-state index contributed by atoms with van der Waals surface area (Å²) in [6.07, 6.45) is 1.39. The highest BCUT2D eigenvalue weighted by Gasteiger charge is 1.72. The van der Waals surface area contributed by atoms with Gasteiger partial charge in [-0.05, 0) is 0 Å². The van der Waals surface area contributed by atoms with Crippen molar-refractivity contribution in [3.63, 3.8) is 0 Å². The molecule has 5 heteroatoms. The molecule has 0 aliphatic rings. The molecule has 0 bridgehead atoms. The second kappa shape index (κ2) is 5.77. The number of rotatable bonds is 3. The van der Waals surface area contributed by atoms with Gasteiger partial charge in [0.25, 0.3) is 0 Å². The average Bonchev–Trinajstić information content (AvgIpc) is 1.69. The summed E-state index contributed by atoms with van der Waals surface area (Å²) in [5.74, 6) is 0. The highest BCUT2D eigenvalue weighted by Crippen LogP contribution is 1.64. The van der Waals surface area contributed by atoms with Crippen LogP contribution in [0.2, 0.25) is 0 Å². The van der Waals surface area contributed by atoms with Crippen LogP contribution in [0.4, 0.5) is 0 Å². The molecule has 0 unspecified atom stereocenters. The van der Waals surface area contributed by atoms with Crippen LogP contribution >= 0.6 is 0 Å². The number of hydrogen-bond acceptors (Lipinski definition) is 3. The molecule has 0 atom stereocenters. The van der Waals surface area contributed by atoms with Crippen molar-refractivity contribution < 1.29 is 9.22 Å². The second-order valence-corrected chi connectivity index (χ2v) is 3.59. The topological polar surface area (TPSA) is 38.7 Å².